The highest BCUT2D eigenvalue weighted by Gasteiger charge is 2.39. The summed E-state index contributed by atoms with van der Waals surface area (Å²) in [6.45, 7) is 3.43. The number of primary amides is 1. The highest BCUT2D eigenvalue weighted by Crippen LogP contribution is 2.29. The summed E-state index contributed by atoms with van der Waals surface area (Å²) in [4.78, 5) is 39.9. The first-order chi connectivity index (χ1) is 18.2. The number of amides is 2. The smallest absolute Gasteiger partial charge is 0.250 e. The molecule has 1 unspecified atom stereocenters. The number of hydrogen-bond acceptors (Lipinski definition) is 6. The first kappa shape index (κ1) is 25.5. The highest BCUT2D eigenvalue weighted by atomic mass is 19.1. The Labute approximate surface area is 219 Å². The fourth-order valence-corrected chi connectivity index (χ4v) is 5.11. The normalized spacial score (nSPS) is 18.2. The fourth-order valence-electron chi connectivity index (χ4n) is 5.11. The maximum atomic E-state index is 14.5. The minimum atomic E-state index is -1.23. The maximum Gasteiger partial charge on any atom is 0.250 e. The molecular weight excluding hydrogens is 487 g/mol. The first-order valence-electron chi connectivity index (χ1n) is 12.5. The number of carbonyl (C=O) groups excluding carboxylic acids is 2. The number of hydrogen-bond donors (Lipinski definition) is 2. The lowest BCUT2D eigenvalue weighted by atomic mass is 10.0. The van der Waals surface area contributed by atoms with Crippen LogP contribution in [0.25, 0.3) is 22.0 Å². The minimum Gasteiger partial charge on any atom is -0.391 e. The number of halogens is 1. The molecule has 1 saturated heterocycles. The van der Waals surface area contributed by atoms with Crippen LogP contribution >= 0.6 is 0 Å². The average Bonchev–Trinajstić information content (AvgIpc) is 3.45. The number of carbonyl (C=O) groups is 2. The summed E-state index contributed by atoms with van der Waals surface area (Å²) in [5.41, 5.74) is 9.66. The van der Waals surface area contributed by atoms with Crippen LogP contribution in [0, 0.1) is 13.8 Å². The Morgan fingerprint density at radius 1 is 1.16 bits per heavy atom. The van der Waals surface area contributed by atoms with E-state index in [9.17, 15) is 19.1 Å². The molecule has 3 N–H and O–H groups in total. The van der Waals surface area contributed by atoms with Crippen LogP contribution in [0.1, 0.15) is 34.0 Å². The number of fused-ring (bicyclic) bond motifs is 1. The third kappa shape index (κ3) is 5.12. The van der Waals surface area contributed by atoms with E-state index in [1.54, 1.807) is 36.1 Å². The SMILES string of the molecule is Cc1cccc(CC(O)[C@@H]2C[C@@H](F)CN2C(=O)Cn2cc(C(N)=O)c3cc(-c4cnc(C)nc4)ccc32)n1. The molecule has 0 aliphatic carbocycles. The fraction of sp³-hybridized carbons (Fsp3) is 0.321. The van der Waals surface area contributed by atoms with Gasteiger partial charge in [-0.3, -0.25) is 14.6 Å². The number of nitrogens with two attached hydrogens (primary N) is 1. The van der Waals surface area contributed by atoms with Gasteiger partial charge in [0.2, 0.25) is 5.91 Å². The summed E-state index contributed by atoms with van der Waals surface area (Å²) in [5, 5.41) is 11.5. The summed E-state index contributed by atoms with van der Waals surface area (Å²) in [7, 11) is 0. The van der Waals surface area contributed by atoms with E-state index in [2.05, 4.69) is 15.0 Å². The molecule has 10 heteroatoms. The van der Waals surface area contributed by atoms with Gasteiger partial charge in [-0.2, -0.15) is 0 Å². The Balaban J connectivity index is 1.40. The topological polar surface area (TPSA) is 127 Å². The van der Waals surface area contributed by atoms with Gasteiger partial charge in [-0.25, -0.2) is 14.4 Å². The Morgan fingerprint density at radius 2 is 1.92 bits per heavy atom. The van der Waals surface area contributed by atoms with Crippen LogP contribution in [0.2, 0.25) is 0 Å². The minimum absolute atomic E-state index is 0.0552. The molecule has 4 aromatic rings. The number of nitrogens with zero attached hydrogens (tertiary/aromatic N) is 5. The van der Waals surface area contributed by atoms with Gasteiger partial charge in [0, 0.05) is 59.3 Å². The molecule has 1 aliphatic rings. The second kappa shape index (κ2) is 10.3. The van der Waals surface area contributed by atoms with Crippen molar-refractivity contribution in [3.8, 4) is 11.1 Å². The van der Waals surface area contributed by atoms with Gasteiger partial charge < -0.3 is 20.3 Å². The Kier molecular flexibility index (Phi) is 6.90. The third-order valence-electron chi connectivity index (χ3n) is 6.99. The molecule has 5 rings (SSSR count). The lowest BCUT2D eigenvalue weighted by Crippen LogP contribution is -2.45. The van der Waals surface area contributed by atoms with E-state index in [1.807, 2.05) is 37.3 Å². The molecular formula is C28H29FN6O3. The Morgan fingerprint density at radius 3 is 2.63 bits per heavy atom. The Bertz CT molecular complexity index is 1500. The van der Waals surface area contributed by atoms with Crippen molar-refractivity contribution >= 4 is 22.7 Å². The summed E-state index contributed by atoms with van der Waals surface area (Å²) in [5.74, 6) is -0.328. The van der Waals surface area contributed by atoms with Crippen LogP contribution in [-0.2, 0) is 17.8 Å². The van der Waals surface area contributed by atoms with Crippen molar-refractivity contribution in [2.45, 2.75) is 51.6 Å². The maximum absolute atomic E-state index is 14.5. The molecule has 1 aromatic carbocycles. The number of aliphatic hydroxyl groups is 1. The van der Waals surface area contributed by atoms with Gasteiger partial charge >= 0.3 is 0 Å². The van der Waals surface area contributed by atoms with Gasteiger partial charge in [0.1, 0.15) is 18.5 Å². The van der Waals surface area contributed by atoms with Gasteiger partial charge in [0.15, 0.2) is 0 Å². The summed E-state index contributed by atoms with van der Waals surface area (Å²) in [6.07, 6.45) is 3.03. The quantitative estimate of drug-likeness (QED) is 0.389. The van der Waals surface area contributed by atoms with Crippen LogP contribution in [0.3, 0.4) is 0 Å². The standard InChI is InChI=1S/C28H29FN6O3/c1-16-4-3-5-21(33-16)10-26(36)25-9-20(29)13-35(25)27(37)15-34-14-23(28(30)38)22-8-18(6-7-24(22)34)19-11-31-17(2)32-12-19/h3-8,11-12,14,20,25-26,36H,9-10,13,15H2,1-2H3,(H2,30,38)/t20-,25+,26?/m1/s1. The van der Waals surface area contributed by atoms with Crippen LogP contribution in [-0.4, -0.2) is 66.2 Å². The first-order valence-corrected chi connectivity index (χ1v) is 12.5. The average molecular weight is 517 g/mol. The van der Waals surface area contributed by atoms with Gasteiger partial charge in [0.25, 0.3) is 5.91 Å². The largest absolute Gasteiger partial charge is 0.391 e. The van der Waals surface area contributed by atoms with Crippen molar-refractivity contribution in [3.05, 3.63) is 77.8 Å². The lowest BCUT2D eigenvalue weighted by Gasteiger charge is -2.28. The van der Waals surface area contributed by atoms with Crippen molar-refractivity contribution in [3.63, 3.8) is 0 Å². The number of aryl methyl sites for hydroxylation is 2. The molecule has 38 heavy (non-hydrogen) atoms. The second-order valence-electron chi connectivity index (χ2n) is 9.77. The monoisotopic (exact) mass is 516 g/mol. The van der Waals surface area contributed by atoms with Crippen molar-refractivity contribution in [2.75, 3.05) is 6.54 Å². The van der Waals surface area contributed by atoms with Gasteiger partial charge in [-0.15, -0.1) is 0 Å². The highest BCUT2D eigenvalue weighted by molar-refractivity contribution is 6.07. The van der Waals surface area contributed by atoms with Crippen LogP contribution in [0.4, 0.5) is 4.39 Å². The number of aromatic nitrogens is 4. The summed E-state index contributed by atoms with van der Waals surface area (Å²) >= 11 is 0. The number of pyridine rings is 1. The van der Waals surface area contributed by atoms with E-state index in [4.69, 9.17) is 5.73 Å². The van der Waals surface area contributed by atoms with Gasteiger partial charge in [-0.1, -0.05) is 12.1 Å². The zero-order chi connectivity index (χ0) is 27.0. The van der Waals surface area contributed by atoms with E-state index in [0.717, 1.165) is 16.8 Å². The second-order valence-corrected chi connectivity index (χ2v) is 9.77. The molecule has 0 saturated carbocycles. The Hall–Kier alpha value is -4.18. The van der Waals surface area contributed by atoms with Crippen LogP contribution in [0.15, 0.2) is 55.0 Å². The molecule has 196 valence electrons. The van der Waals surface area contributed by atoms with Crippen molar-refractivity contribution in [1.29, 1.82) is 0 Å². The number of rotatable bonds is 7. The molecule has 9 nitrogen and oxygen atoms in total. The van der Waals surface area contributed by atoms with Crippen molar-refractivity contribution < 1.29 is 19.1 Å². The van der Waals surface area contributed by atoms with Gasteiger partial charge in [-0.05, 0) is 43.7 Å². The van der Waals surface area contributed by atoms with E-state index in [0.29, 0.717) is 22.4 Å². The van der Waals surface area contributed by atoms with Crippen LogP contribution in [0.5, 0.6) is 0 Å². The summed E-state index contributed by atoms with van der Waals surface area (Å²) in [6, 6.07) is 10.3. The number of alkyl halides is 1. The molecule has 0 radical (unpaired) electrons. The lowest BCUT2D eigenvalue weighted by molar-refractivity contribution is -0.134. The van der Waals surface area contributed by atoms with Crippen LogP contribution < -0.4 is 5.73 Å². The van der Waals surface area contributed by atoms with E-state index < -0.39 is 24.2 Å². The molecule has 1 fully saturated rings. The number of likely N-dealkylation sites (tertiary alicyclic amines) is 1. The molecule has 4 heterocycles. The molecule has 3 aromatic heterocycles. The number of aliphatic hydroxyl groups excluding tert-OH is 1. The predicted octanol–water partition coefficient (Wildman–Crippen LogP) is 2.75. The zero-order valence-corrected chi connectivity index (χ0v) is 21.2. The molecule has 3 atom stereocenters. The predicted molar refractivity (Wildman–Crippen MR) is 140 cm³/mol. The van der Waals surface area contributed by atoms with E-state index in [1.165, 1.54) is 4.90 Å². The molecule has 1 aliphatic heterocycles. The summed E-state index contributed by atoms with van der Waals surface area (Å²) < 4.78 is 16.1. The van der Waals surface area contributed by atoms with Crippen molar-refractivity contribution in [1.82, 2.24) is 24.4 Å². The van der Waals surface area contributed by atoms with Gasteiger partial charge in [0.05, 0.1) is 24.3 Å². The zero-order valence-electron chi connectivity index (χ0n) is 21.2. The number of benzene rings is 1. The molecule has 2 amide bonds. The molecule has 0 spiro atoms. The van der Waals surface area contributed by atoms with Crippen molar-refractivity contribution in [2.24, 2.45) is 5.73 Å². The molecule has 0 bridgehead atoms. The van der Waals surface area contributed by atoms with E-state index >= 15 is 0 Å². The third-order valence-corrected chi connectivity index (χ3v) is 6.99. The van der Waals surface area contributed by atoms with E-state index in [-0.39, 0.29) is 37.4 Å².